The van der Waals surface area contributed by atoms with Gasteiger partial charge in [-0.1, -0.05) is 30.3 Å². The van der Waals surface area contributed by atoms with Gasteiger partial charge in [0.1, 0.15) is 0 Å². The first-order chi connectivity index (χ1) is 9.52. The van der Waals surface area contributed by atoms with Crippen molar-refractivity contribution in [2.45, 2.75) is 19.6 Å². The zero-order valence-corrected chi connectivity index (χ0v) is 11.4. The van der Waals surface area contributed by atoms with Crippen LogP contribution in [0.25, 0.3) is 0 Å². The van der Waals surface area contributed by atoms with E-state index in [0.717, 1.165) is 5.56 Å². The maximum absolute atomic E-state index is 11.9. The molecular weight excluding hydrogens is 260 g/mol. The topological polar surface area (TPSA) is 99.3 Å². The molecule has 1 aromatic carbocycles. The minimum absolute atomic E-state index is 0.311. The third-order valence-electron chi connectivity index (χ3n) is 2.42. The van der Waals surface area contributed by atoms with Gasteiger partial charge in [0.15, 0.2) is 6.17 Å². The summed E-state index contributed by atoms with van der Waals surface area (Å²) in [5, 5.41) is 9.65. The molecule has 4 N–H and O–H groups in total. The SMILES string of the molecule is CNC(=O)NC(NC(C)=O)C(=O)NCc1ccccc1. The summed E-state index contributed by atoms with van der Waals surface area (Å²) in [6, 6.07) is 8.75. The third kappa shape index (κ3) is 5.38. The molecule has 7 nitrogen and oxygen atoms in total. The van der Waals surface area contributed by atoms with Crippen molar-refractivity contribution in [3.05, 3.63) is 35.9 Å². The Bertz CT molecular complexity index is 476. The highest BCUT2D eigenvalue weighted by Crippen LogP contribution is 1.97. The molecule has 108 valence electrons. The normalized spacial score (nSPS) is 11.1. The van der Waals surface area contributed by atoms with Gasteiger partial charge in [0.25, 0.3) is 5.91 Å². The van der Waals surface area contributed by atoms with Crippen LogP contribution >= 0.6 is 0 Å². The maximum Gasteiger partial charge on any atom is 0.316 e. The van der Waals surface area contributed by atoms with E-state index in [2.05, 4.69) is 21.3 Å². The third-order valence-corrected chi connectivity index (χ3v) is 2.42. The van der Waals surface area contributed by atoms with E-state index in [0.29, 0.717) is 6.54 Å². The minimum atomic E-state index is -1.11. The predicted octanol–water partition coefficient (Wildman–Crippen LogP) is -0.306. The fraction of sp³-hybridized carbons (Fsp3) is 0.308. The Morgan fingerprint density at radius 3 is 2.30 bits per heavy atom. The van der Waals surface area contributed by atoms with Gasteiger partial charge in [0.2, 0.25) is 5.91 Å². The fourth-order valence-corrected chi connectivity index (χ4v) is 1.46. The van der Waals surface area contributed by atoms with Crippen molar-refractivity contribution >= 4 is 17.8 Å². The smallest absolute Gasteiger partial charge is 0.316 e. The van der Waals surface area contributed by atoms with Gasteiger partial charge in [-0.15, -0.1) is 0 Å². The molecule has 4 amide bonds. The van der Waals surface area contributed by atoms with Gasteiger partial charge in [-0.05, 0) is 5.56 Å². The molecule has 0 aromatic heterocycles. The average molecular weight is 278 g/mol. The Hall–Kier alpha value is -2.57. The highest BCUT2D eigenvalue weighted by Gasteiger charge is 2.20. The van der Waals surface area contributed by atoms with Crippen LogP contribution < -0.4 is 21.3 Å². The first-order valence-corrected chi connectivity index (χ1v) is 6.10. The Morgan fingerprint density at radius 2 is 1.75 bits per heavy atom. The summed E-state index contributed by atoms with van der Waals surface area (Å²) in [6.07, 6.45) is -1.11. The number of hydrogen-bond donors (Lipinski definition) is 4. The van der Waals surface area contributed by atoms with Crippen LogP contribution in [0.4, 0.5) is 4.79 Å². The highest BCUT2D eigenvalue weighted by molar-refractivity contribution is 5.90. The van der Waals surface area contributed by atoms with Crippen molar-refractivity contribution in [1.29, 1.82) is 0 Å². The Labute approximate surface area is 117 Å². The number of hydrogen-bond acceptors (Lipinski definition) is 3. The second kappa shape index (κ2) is 7.78. The largest absolute Gasteiger partial charge is 0.349 e. The van der Waals surface area contributed by atoms with E-state index in [9.17, 15) is 14.4 Å². The lowest BCUT2D eigenvalue weighted by molar-refractivity contribution is -0.128. The standard InChI is InChI=1S/C13H18N4O3/c1-9(18)16-11(17-13(20)14-2)12(19)15-8-10-6-4-3-5-7-10/h3-7,11H,8H2,1-2H3,(H,15,19)(H,16,18)(H2,14,17,20). The van der Waals surface area contributed by atoms with E-state index in [1.54, 1.807) is 0 Å². The molecule has 0 saturated carbocycles. The van der Waals surface area contributed by atoms with Crippen molar-refractivity contribution in [2.24, 2.45) is 0 Å². The Morgan fingerprint density at radius 1 is 1.10 bits per heavy atom. The fourth-order valence-electron chi connectivity index (χ4n) is 1.46. The summed E-state index contributed by atoms with van der Waals surface area (Å²) in [7, 11) is 1.42. The van der Waals surface area contributed by atoms with Crippen LogP contribution in [-0.4, -0.2) is 31.1 Å². The Kier molecular flexibility index (Phi) is 6.02. The molecule has 0 spiro atoms. The number of carbonyl (C=O) groups is 3. The molecule has 0 radical (unpaired) electrons. The zero-order chi connectivity index (χ0) is 15.0. The van der Waals surface area contributed by atoms with Crippen LogP contribution in [0.15, 0.2) is 30.3 Å². The van der Waals surface area contributed by atoms with Gasteiger partial charge in [-0.2, -0.15) is 0 Å². The van der Waals surface area contributed by atoms with Crippen LogP contribution in [0.5, 0.6) is 0 Å². The van der Waals surface area contributed by atoms with E-state index in [-0.39, 0.29) is 0 Å². The second-order valence-electron chi connectivity index (χ2n) is 4.06. The van der Waals surface area contributed by atoms with Crippen molar-refractivity contribution in [3.63, 3.8) is 0 Å². The van der Waals surface area contributed by atoms with Gasteiger partial charge >= 0.3 is 6.03 Å². The molecule has 0 aliphatic heterocycles. The van der Waals surface area contributed by atoms with Gasteiger partial charge in [0.05, 0.1) is 0 Å². The lowest BCUT2D eigenvalue weighted by Crippen LogP contribution is -2.57. The highest BCUT2D eigenvalue weighted by atomic mass is 16.2. The summed E-state index contributed by atoms with van der Waals surface area (Å²) in [6.45, 7) is 1.58. The molecule has 0 aliphatic carbocycles. The van der Waals surface area contributed by atoms with Crippen LogP contribution in [0.3, 0.4) is 0 Å². The monoisotopic (exact) mass is 278 g/mol. The lowest BCUT2D eigenvalue weighted by atomic mass is 10.2. The first kappa shape index (κ1) is 15.5. The number of carbonyl (C=O) groups excluding carboxylic acids is 3. The Balaban J connectivity index is 2.58. The van der Waals surface area contributed by atoms with E-state index in [1.807, 2.05) is 30.3 Å². The number of nitrogens with one attached hydrogen (secondary N) is 4. The molecule has 20 heavy (non-hydrogen) atoms. The van der Waals surface area contributed by atoms with Crippen molar-refractivity contribution in [3.8, 4) is 0 Å². The van der Waals surface area contributed by atoms with Crippen molar-refractivity contribution in [1.82, 2.24) is 21.3 Å². The van der Waals surface area contributed by atoms with Crippen molar-refractivity contribution in [2.75, 3.05) is 7.05 Å². The number of amides is 4. The van der Waals surface area contributed by atoms with Gasteiger partial charge in [-0.3, -0.25) is 9.59 Å². The predicted molar refractivity (Wildman–Crippen MR) is 73.5 cm³/mol. The molecule has 0 aliphatic rings. The summed E-state index contributed by atoms with van der Waals surface area (Å²) in [4.78, 5) is 34.2. The zero-order valence-electron chi connectivity index (χ0n) is 11.4. The van der Waals surface area contributed by atoms with Gasteiger partial charge in [-0.25, -0.2) is 4.79 Å². The summed E-state index contributed by atoms with van der Waals surface area (Å²) < 4.78 is 0. The minimum Gasteiger partial charge on any atom is -0.349 e. The van der Waals surface area contributed by atoms with Crippen molar-refractivity contribution < 1.29 is 14.4 Å². The van der Waals surface area contributed by atoms with Gasteiger partial charge in [0, 0.05) is 20.5 Å². The van der Waals surface area contributed by atoms with Crippen LogP contribution in [-0.2, 0) is 16.1 Å². The number of rotatable bonds is 5. The molecule has 1 aromatic rings. The van der Waals surface area contributed by atoms with Crippen LogP contribution in [0, 0.1) is 0 Å². The number of urea groups is 1. The van der Waals surface area contributed by atoms with E-state index in [1.165, 1.54) is 14.0 Å². The first-order valence-electron chi connectivity index (χ1n) is 6.10. The van der Waals surface area contributed by atoms with E-state index >= 15 is 0 Å². The summed E-state index contributed by atoms with van der Waals surface area (Å²) >= 11 is 0. The molecule has 7 heteroatoms. The summed E-state index contributed by atoms with van der Waals surface area (Å²) in [5.74, 6) is -0.908. The number of benzene rings is 1. The summed E-state index contributed by atoms with van der Waals surface area (Å²) in [5.41, 5.74) is 0.919. The molecule has 1 unspecified atom stereocenters. The van der Waals surface area contributed by atoms with Gasteiger partial charge < -0.3 is 21.3 Å². The van der Waals surface area contributed by atoms with E-state index in [4.69, 9.17) is 0 Å². The van der Waals surface area contributed by atoms with Crippen LogP contribution in [0.1, 0.15) is 12.5 Å². The van der Waals surface area contributed by atoms with E-state index < -0.39 is 24.0 Å². The average Bonchev–Trinajstić information content (AvgIpc) is 2.44. The van der Waals surface area contributed by atoms with Crippen LogP contribution in [0.2, 0.25) is 0 Å². The molecule has 0 fully saturated rings. The maximum atomic E-state index is 11.9. The molecular formula is C13H18N4O3. The molecule has 1 rings (SSSR count). The molecule has 1 atom stereocenters. The quantitative estimate of drug-likeness (QED) is 0.556. The molecule has 0 heterocycles. The second-order valence-corrected chi connectivity index (χ2v) is 4.06. The lowest BCUT2D eigenvalue weighted by Gasteiger charge is -2.18. The molecule has 0 saturated heterocycles. The molecule has 0 bridgehead atoms.